The highest BCUT2D eigenvalue weighted by molar-refractivity contribution is 6.61. The Morgan fingerprint density at radius 3 is 2.52 bits per heavy atom. The lowest BCUT2D eigenvalue weighted by Crippen LogP contribution is -2.50. The molecule has 1 aliphatic carbocycles. The van der Waals surface area contributed by atoms with Crippen molar-refractivity contribution in [3.8, 4) is 0 Å². The summed E-state index contributed by atoms with van der Waals surface area (Å²) in [6.45, 7) is 6.40. The van der Waals surface area contributed by atoms with E-state index in [-0.39, 0.29) is 30.1 Å². The van der Waals surface area contributed by atoms with Crippen LogP contribution in [0.1, 0.15) is 57.9 Å². The largest absolute Gasteiger partial charge is 0.493 e. The van der Waals surface area contributed by atoms with E-state index in [1.807, 2.05) is 4.90 Å². The van der Waals surface area contributed by atoms with Crippen LogP contribution in [0.2, 0.25) is 0 Å². The van der Waals surface area contributed by atoms with E-state index in [0.717, 1.165) is 61.8 Å². The van der Waals surface area contributed by atoms with Crippen LogP contribution < -0.4 is 10.4 Å². The Morgan fingerprint density at radius 1 is 1.11 bits per heavy atom. The first kappa shape index (κ1) is 17.7. The Hall–Kier alpha value is -1.37. The highest BCUT2D eigenvalue weighted by Crippen LogP contribution is 2.54. The molecule has 1 spiro atoms. The summed E-state index contributed by atoms with van der Waals surface area (Å²) in [5.41, 5.74) is 2.91. The van der Waals surface area contributed by atoms with Gasteiger partial charge in [-0.05, 0) is 49.2 Å². The lowest BCUT2D eigenvalue weighted by molar-refractivity contribution is -0.129. The number of nitrogens with zero attached hydrogens (tertiary/aromatic N) is 1. The summed E-state index contributed by atoms with van der Waals surface area (Å²) in [5.74, 6) is 0.236. The molecule has 2 saturated heterocycles. The molecule has 0 bridgehead atoms. The second-order valence-corrected chi connectivity index (χ2v) is 9.33. The fourth-order valence-electron chi connectivity index (χ4n) is 4.86. The molecule has 0 N–H and O–H groups in total. The summed E-state index contributed by atoms with van der Waals surface area (Å²) >= 11 is 0. The van der Waals surface area contributed by atoms with Gasteiger partial charge in [0.2, 0.25) is 5.91 Å². The number of rotatable bonds is 2. The van der Waals surface area contributed by atoms with Gasteiger partial charge in [0, 0.05) is 25.2 Å². The van der Waals surface area contributed by atoms with E-state index in [9.17, 15) is 4.79 Å². The molecule has 0 radical (unpaired) electrons. The Morgan fingerprint density at radius 2 is 1.89 bits per heavy atom. The van der Waals surface area contributed by atoms with Crippen LogP contribution in [-0.4, -0.2) is 39.1 Å². The average Bonchev–Trinajstić information content (AvgIpc) is 2.90. The number of ether oxygens (including phenoxy) is 1. The summed E-state index contributed by atoms with van der Waals surface area (Å²) in [6, 6.07) is 6.31. The van der Waals surface area contributed by atoms with Crippen LogP contribution in [0, 0.1) is 5.41 Å². The van der Waals surface area contributed by atoms with Crippen molar-refractivity contribution in [2.75, 3.05) is 24.7 Å². The first-order chi connectivity index (χ1) is 13.0. The molecule has 1 saturated carbocycles. The van der Waals surface area contributed by atoms with E-state index in [1.165, 1.54) is 0 Å². The minimum atomic E-state index is -0.347. The number of anilines is 1. The van der Waals surface area contributed by atoms with Crippen LogP contribution in [0.15, 0.2) is 18.2 Å². The van der Waals surface area contributed by atoms with Crippen molar-refractivity contribution in [2.45, 2.75) is 64.0 Å². The van der Waals surface area contributed by atoms with Gasteiger partial charge in [-0.2, -0.15) is 0 Å². The number of carbonyl (C=O) groups is 1. The molecule has 1 amide bonds. The van der Waals surface area contributed by atoms with Crippen molar-refractivity contribution < 1.29 is 18.8 Å². The van der Waals surface area contributed by atoms with Gasteiger partial charge in [-0.15, -0.1) is 0 Å². The van der Waals surface area contributed by atoms with E-state index in [0.29, 0.717) is 13.2 Å². The van der Waals surface area contributed by atoms with Crippen LogP contribution in [0.5, 0.6) is 0 Å². The molecule has 3 aliphatic heterocycles. The molecule has 144 valence electrons. The van der Waals surface area contributed by atoms with Gasteiger partial charge in [0.25, 0.3) is 0 Å². The molecule has 6 heteroatoms. The molecule has 1 aromatic carbocycles. The van der Waals surface area contributed by atoms with Gasteiger partial charge in [0.1, 0.15) is 6.23 Å². The van der Waals surface area contributed by atoms with E-state index in [1.54, 1.807) is 0 Å². The zero-order chi connectivity index (χ0) is 18.6. The standard InChI is InChI=1S/C21H28BNO4/c1-20(2)13-26-22(27-14-20)15-7-8-17-16(12-15)21(9-5-10-21)19(24)23(17)18-6-3-4-11-25-18/h7-8,12,18H,3-6,9-11,13-14H2,1-2H3. The zero-order valence-corrected chi connectivity index (χ0v) is 16.3. The predicted octanol–water partition coefficient (Wildman–Crippen LogP) is 2.75. The van der Waals surface area contributed by atoms with Crippen molar-refractivity contribution in [2.24, 2.45) is 5.41 Å². The Balaban J connectivity index is 1.48. The van der Waals surface area contributed by atoms with E-state index in [4.69, 9.17) is 14.0 Å². The van der Waals surface area contributed by atoms with Crippen molar-refractivity contribution in [1.82, 2.24) is 0 Å². The summed E-state index contributed by atoms with van der Waals surface area (Å²) in [4.78, 5) is 15.4. The van der Waals surface area contributed by atoms with Gasteiger partial charge in [0.15, 0.2) is 0 Å². The smallest absolute Gasteiger partial charge is 0.407 e. The zero-order valence-electron chi connectivity index (χ0n) is 16.3. The average molecular weight is 369 g/mol. The Kier molecular flexibility index (Phi) is 4.15. The van der Waals surface area contributed by atoms with Crippen molar-refractivity contribution >= 4 is 24.2 Å². The number of hydrogen-bond donors (Lipinski definition) is 0. The fourth-order valence-corrected chi connectivity index (χ4v) is 4.86. The minimum absolute atomic E-state index is 0.0491. The normalized spacial score (nSPS) is 29.0. The number of benzene rings is 1. The van der Waals surface area contributed by atoms with Crippen LogP contribution in [0.4, 0.5) is 5.69 Å². The van der Waals surface area contributed by atoms with E-state index < -0.39 is 0 Å². The van der Waals surface area contributed by atoms with Crippen LogP contribution >= 0.6 is 0 Å². The maximum atomic E-state index is 13.4. The second kappa shape index (κ2) is 6.33. The monoisotopic (exact) mass is 369 g/mol. The van der Waals surface area contributed by atoms with Gasteiger partial charge >= 0.3 is 7.12 Å². The van der Waals surface area contributed by atoms with Gasteiger partial charge in [-0.25, -0.2) is 0 Å². The third-order valence-electron chi connectivity index (χ3n) is 6.60. The van der Waals surface area contributed by atoms with Crippen molar-refractivity contribution in [3.05, 3.63) is 23.8 Å². The first-order valence-corrected chi connectivity index (χ1v) is 10.3. The topological polar surface area (TPSA) is 48.0 Å². The first-order valence-electron chi connectivity index (χ1n) is 10.3. The number of amides is 1. The highest BCUT2D eigenvalue weighted by atomic mass is 16.6. The third-order valence-corrected chi connectivity index (χ3v) is 6.60. The maximum Gasteiger partial charge on any atom is 0.493 e. The molecular formula is C21H28BNO4. The molecule has 3 heterocycles. The third kappa shape index (κ3) is 2.76. The quantitative estimate of drug-likeness (QED) is 0.753. The Labute approximate surface area is 161 Å². The lowest BCUT2D eigenvalue weighted by Gasteiger charge is -2.39. The molecule has 1 atom stereocenters. The summed E-state index contributed by atoms with van der Waals surface area (Å²) in [7, 11) is -0.337. The Bertz CT molecular complexity index is 745. The highest BCUT2D eigenvalue weighted by Gasteiger charge is 2.56. The second-order valence-electron chi connectivity index (χ2n) is 9.33. The van der Waals surface area contributed by atoms with Crippen molar-refractivity contribution in [3.63, 3.8) is 0 Å². The molecule has 5 nitrogen and oxygen atoms in total. The number of carbonyl (C=O) groups excluding carboxylic acids is 1. The van der Waals surface area contributed by atoms with E-state index >= 15 is 0 Å². The summed E-state index contributed by atoms with van der Waals surface area (Å²) < 4.78 is 17.9. The van der Waals surface area contributed by atoms with Gasteiger partial charge in [-0.3, -0.25) is 9.69 Å². The number of hydrogen-bond acceptors (Lipinski definition) is 4. The van der Waals surface area contributed by atoms with Crippen LogP contribution in [-0.2, 0) is 24.3 Å². The van der Waals surface area contributed by atoms with Gasteiger partial charge in [0.05, 0.1) is 11.1 Å². The molecular weight excluding hydrogens is 341 g/mol. The minimum Gasteiger partial charge on any atom is -0.407 e. The maximum absolute atomic E-state index is 13.4. The predicted molar refractivity (Wildman–Crippen MR) is 104 cm³/mol. The van der Waals surface area contributed by atoms with Gasteiger partial charge < -0.3 is 14.0 Å². The lowest BCUT2D eigenvalue weighted by atomic mass is 9.63. The molecule has 5 rings (SSSR count). The molecule has 3 fully saturated rings. The van der Waals surface area contributed by atoms with E-state index in [2.05, 4.69) is 32.0 Å². The SMILES string of the molecule is CC1(C)COB(c2ccc3c(c2)C2(CCC2)C(=O)N3C2CCCCO2)OC1. The molecule has 1 unspecified atom stereocenters. The summed E-state index contributed by atoms with van der Waals surface area (Å²) in [6.07, 6.45) is 6.00. The van der Waals surface area contributed by atoms with Crippen LogP contribution in [0.25, 0.3) is 0 Å². The molecule has 0 aromatic heterocycles. The molecule has 27 heavy (non-hydrogen) atoms. The molecule has 4 aliphatic rings. The summed E-state index contributed by atoms with van der Waals surface area (Å²) in [5, 5.41) is 0. The number of fused-ring (bicyclic) bond motifs is 2. The van der Waals surface area contributed by atoms with Gasteiger partial charge in [-0.1, -0.05) is 32.4 Å². The van der Waals surface area contributed by atoms with Crippen LogP contribution in [0.3, 0.4) is 0 Å². The fraction of sp³-hybridized carbons (Fsp3) is 0.667. The molecule has 1 aromatic rings. The van der Waals surface area contributed by atoms with Crippen molar-refractivity contribution in [1.29, 1.82) is 0 Å².